The summed E-state index contributed by atoms with van der Waals surface area (Å²) in [5.74, 6) is 0.627. The molecule has 6 rings (SSSR count). The third kappa shape index (κ3) is 3.21. The van der Waals surface area contributed by atoms with Gasteiger partial charge in [-0.2, -0.15) is 5.10 Å². The number of hydrogen-bond donors (Lipinski definition) is 2. The summed E-state index contributed by atoms with van der Waals surface area (Å²) in [4.78, 5) is 35.0. The van der Waals surface area contributed by atoms with Crippen LogP contribution < -0.4 is 0 Å². The van der Waals surface area contributed by atoms with Gasteiger partial charge in [-0.3, -0.25) is 14.9 Å². The molecule has 0 amide bonds. The second-order valence-corrected chi connectivity index (χ2v) is 8.80. The third-order valence-corrected chi connectivity index (χ3v) is 6.78. The molecule has 0 bridgehead atoms. The van der Waals surface area contributed by atoms with E-state index in [-0.39, 0.29) is 5.78 Å². The van der Waals surface area contributed by atoms with Gasteiger partial charge in [0.25, 0.3) is 0 Å². The van der Waals surface area contributed by atoms with Crippen molar-refractivity contribution in [2.75, 3.05) is 0 Å². The van der Waals surface area contributed by atoms with E-state index in [9.17, 15) is 4.79 Å². The fourth-order valence-corrected chi connectivity index (χ4v) is 4.78. The van der Waals surface area contributed by atoms with Crippen molar-refractivity contribution in [3.05, 3.63) is 65.4 Å². The van der Waals surface area contributed by atoms with Gasteiger partial charge in [0, 0.05) is 34.6 Å². The average molecular weight is 452 g/mol. The minimum Gasteiger partial charge on any atom is -0.335 e. The summed E-state index contributed by atoms with van der Waals surface area (Å²) < 4.78 is 0. The Kier molecular flexibility index (Phi) is 4.37. The lowest BCUT2D eigenvalue weighted by molar-refractivity contribution is 0.102. The molecule has 0 radical (unpaired) electrons. The lowest BCUT2D eigenvalue weighted by Gasteiger charge is -2.04. The molecular formula is C24H17N7OS. The van der Waals surface area contributed by atoms with Gasteiger partial charge in [-0.25, -0.2) is 15.0 Å². The zero-order chi connectivity index (χ0) is 22.5. The minimum atomic E-state index is 0.0515. The highest BCUT2D eigenvalue weighted by Gasteiger charge is 2.18. The molecule has 6 aromatic rings. The maximum atomic E-state index is 11.7. The van der Waals surface area contributed by atoms with Crippen LogP contribution in [0.1, 0.15) is 22.2 Å². The summed E-state index contributed by atoms with van der Waals surface area (Å²) in [6.07, 6.45) is 5.31. The molecule has 33 heavy (non-hydrogen) atoms. The summed E-state index contributed by atoms with van der Waals surface area (Å²) in [6.45, 7) is 3.61. The highest BCUT2D eigenvalue weighted by atomic mass is 32.1. The first-order valence-electron chi connectivity index (χ1n) is 10.3. The van der Waals surface area contributed by atoms with Crippen molar-refractivity contribution in [3.8, 4) is 33.2 Å². The Hall–Kier alpha value is -4.24. The number of nitrogens with zero attached hydrogens (tertiary/aromatic N) is 5. The SMILES string of the molecule is CC(=O)c1ccc(-c2ccnc3nc(-c4n[nH]c5ccc(-c6cnccc6C)nc45)[nH]c23)s1. The van der Waals surface area contributed by atoms with Crippen molar-refractivity contribution in [2.45, 2.75) is 13.8 Å². The van der Waals surface area contributed by atoms with E-state index >= 15 is 0 Å². The summed E-state index contributed by atoms with van der Waals surface area (Å²) in [5.41, 5.74) is 7.35. The van der Waals surface area contributed by atoms with Gasteiger partial charge in [0.15, 0.2) is 22.9 Å². The lowest BCUT2D eigenvalue weighted by Crippen LogP contribution is -1.90. The maximum absolute atomic E-state index is 11.7. The summed E-state index contributed by atoms with van der Waals surface area (Å²) in [7, 11) is 0. The number of H-pyrrole nitrogens is 2. The Morgan fingerprint density at radius 2 is 1.91 bits per heavy atom. The quantitative estimate of drug-likeness (QED) is 0.356. The Labute approximate surface area is 191 Å². The van der Waals surface area contributed by atoms with Crippen LogP contribution in [0.2, 0.25) is 0 Å². The monoisotopic (exact) mass is 451 g/mol. The molecule has 0 fully saturated rings. The number of carbonyl (C=O) groups is 1. The summed E-state index contributed by atoms with van der Waals surface area (Å²) in [6, 6.07) is 11.6. The van der Waals surface area contributed by atoms with Gasteiger partial charge in [0.2, 0.25) is 0 Å². The van der Waals surface area contributed by atoms with Gasteiger partial charge < -0.3 is 4.98 Å². The van der Waals surface area contributed by atoms with Crippen LogP contribution in [-0.2, 0) is 0 Å². The van der Waals surface area contributed by atoms with Crippen LogP contribution in [0.4, 0.5) is 0 Å². The number of Topliss-reactive ketones (excluding diaryl/α,β-unsaturated/α-hetero) is 1. The number of rotatable bonds is 4. The molecule has 2 N–H and O–H groups in total. The van der Waals surface area contributed by atoms with E-state index in [2.05, 4.69) is 30.1 Å². The van der Waals surface area contributed by atoms with E-state index < -0.39 is 0 Å². The molecule has 160 valence electrons. The number of aromatic nitrogens is 7. The molecule has 0 spiro atoms. The number of nitrogens with one attached hydrogen (secondary N) is 2. The van der Waals surface area contributed by atoms with Crippen LogP contribution in [0, 0.1) is 6.92 Å². The van der Waals surface area contributed by atoms with Gasteiger partial charge in [-0.15, -0.1) is 11.3 Å². The Bertz CT molecular complexity index is 1680. The van der Waals surface area contributed by atoms with E-state index in [1.54, 1.807) is 19.3 Å². The highest BCUT2D eigenvalue weighted by molar-refractivity contribution is 7.17. The Morgan fingerprint density at radius 1 is 1.00 bits per heavy atom. The molecule has 0 aliphatic rings. The van der Waals surface area contributed by atoms with Crippen molar-refractivity contribution >= 4 is 39.3 Å². The number of thiophene rings is 1. The van der Waals surface area contributed by atoms with Gasteiger partial charge in [0.05, 0.1) is 21.6 Å². The molecule has 6 aromatic heterocycles. The Balaban J connectivity index is 1.49. The first-order chi connectivity index (χ1) is 16.1. The second kappa shape index (κ2) is 7.42. The van der Waals surface area contributed by atoms with Gasteiger partial charge >= 0.3 is 0 Å². The predicted octanol–water partition coefficient (Wildman–Crippen LogP) is 5.20. The van der Waals surface area contributed by atoms with Crippen LogP contribution in [-0.4, -0.2) is 40.9 Å². The van der Waals surface area contributed by atoms with Crippen molar-refractivity contribution in [2.24, 2.45) is 0 Å². The van der Waals surface area contributed by atoms with E-state index in [1.165, 1.54) is 11.3 Å². The molecule has 9 heteroatoms. The molecule has 6 heterocycles. The highest BCUT2D eigenvalue weighted by Crippen LogP contribution is 2.34. The van der Waals surface area contributed by atoms with Crippen molar-refractivity contribution < 1.29 is 4.79 Å². The number of imidazole rings is 1. The van der Waals surface area contributed by atoms with Crippen LogP contribution in [0.3, 0.4) is 0 Å². The molecule has 8 nitrogen and oxygen atoms in total. The molecule has 0 saturated carbocycles. The van der Waals surface area contributed by atoms with Crippen molar-refractivity contribution in [3.63, 3.8) is 0 Å². The van der Waals surface area contributed by atoms with Crippen LogP contribution >= 0.6 is 11.3 Å². The Morgan fingerprint density at radius 3 is 2.73 bits per heavy atom. The zero-order valence-electron chi connectivity index (χ0n) is 17.7. The normalized spacial score (nSPS) is 11.5. The lowest BCUT2D eigenvalue weighted by atomic mass is 10.1. The molecule has 0 atom stereocenters. The fraction of sp³-hybridized carbons (Fsp3) is 0.0833. The first kappa shape index (κ1) is 19.4. The molecule has 0 unspecified atom stereocenters. The molecular weight excluding hydrogens is 434 g/mol. The van der Waals surface area contributed by atoms with Crippen molar-refractivity contribution in [1.29, 1.82) is 0 Å². The van der Waals surface area contributed by atoms with E-state index in [1.807, 2.05) is 49.5 Å². The number of hydrogen-bond acceptors (Lipinski definition) is 7. The van der Waals surface area contributed by atoms with Gasteiger partial charge in [-0.05, 0) is 55.8 Å². The number of fused-ring (bicyclic) bond motifs is 2. The topological polar surface area (TPSA) is 113 Å². The summed E-state index contributed by atoms with van der Waals surface area (Å²) >= 11 is 1.45. The average Bonchev–Trinajstić information content (AvgIpc) is 3.56. The molecule has 0 saturated heterocycles. The zero-order valence-corrected chi connectivity index (χ0v) is 18.6. The third-order valence-electron chi connectivity index (χ3n) is 5.56. The second-order valence-electron chi connectivity index (χ2n) is 7.72. The molecule has 0 aliphatic heterocycles. The number of carbonyl (C=O) groups excluding carboxylic acids is 1. The maximum Gasteiger partial charge on any atom is 0.178 e. The summed E-state index contributed by atoms with van der Waals surface area (Å²) in [5, 5.41) is 7.52. The van der Waals surface area contributed by atoms with Crippen molar-refractivity contribution in [1.82, 2.24) is 35.1 Å². The van der Waals surface area contributed by atoms with Gasteiger partial charge in [-0.1, -0.05) is 0 Å². The van der Waals surface area contributed by atoms with Crippen LogP contribution in [0.15, 0.2) is 55.0 Å². The van der Waals surface area contributed by atoms with E-state index in [4.69, 9.17) is 4.98 Å². The smallest absolute Gasteiger partial charge is 0.178 e. The number of pyridine rings is 3. The van der Waals surface area contributed by atoms with Crippen LogP contribution in [0.5, 0.6) is 0 Å². The van der Waals surface area contributed by atoms with E-state index in [0.29, 0.717) is 22.7 Å². The largest absolute Gasteiger partial charge is 0.335 e. The fourth-order valence-electron chi connectivity index (χ4n) is 3.85. The predicted molar refractivity (Wildman–Crippen MR) is 128 cm³/mol. The number of aryl methyl sites for hydroxylation is 1. The van der Waals surface area contributed by atoms with Crippen LogP contribution in [0.25, 0.3) is 55.4 Å². The molecule has 0 aromatic carbocycles. The number of aromatic amines is 2. The first-order valence-corrected chi connectivity index (χ1v) is 11.1. The number of ketones is 1. The molecule has 0 aliphatic carbocycles. The standard InChI is InChI=1S/C24H17N7OS/c1-12-7-9-25-11-15(12)16-3-4-17-21(27-16)22(31-30-17)24-28-20-14(8-10-26-23(20)29-24)19-6-5-18(33-19)13(2)32/h3-11H,1-2H3,(H,30,31)(H,26,28,29). The van der Waals surface area contributed by atoms with Gasteiger partial charge in [0.1, 0.15) is 5.52 Å². The van der Waals surface area contributed by atoms with E-state index in [0.717, 1.165) is 43.2 Å². The minimum absolute atomic E-state index is 0.0515.